The van der Waals surface area contributed by atoms with E-state index in [4.69, 9.17) is 9.47 Å². The molecule has 1 aromatic heterocycles. The quantitative estimate of drug-likeness (QED) is 0.823. The second-order valence-corrected chi connectivity index (χ2v) is 5.90. The highest BCUT2D eigenvalue weighted by Crippen LogP contribution is 2.26. The summed E-state index contributed by atoms with van der Waals surface area (Å²) in [6, 6.07) is 2.93. The first-order valence-electron chi connectivity index (χ1n) is 7.80. The third-order valence-corrected chi connectivity index (χ3v) is 3.97. The van der Waals surface area contributed by atoms with Crippen molar-refractivity contribution in [3.8, 4) is 5.88 Å². The van der Waals surface area contributed by atoms with E-state index in [9.17, 15) is 18.0 Å². The first-order chi connectivity index (χ1) is 11.3. The normalized spacial score (nSPS) is 17.4. The van der Waals surface area contributed by atoms with Gasteiger partial charge in [-0.15, -0.1) is 0 Å². The van der Waals surface area contributed by atoms with Crippen LogP contribution >= 0.6 is 0 Å². The number of carbonyl (C=O) groups is 1. The van der Waals surface area contributed by atoms with E-state index in [2.05, 4.69) is 4.98 Å². The van der Waals surface area contributed by atoms with Gasteiger partial charge in [-0.1, -0.05) is 0 Å². The Morgan fingerprint density at radius 2 is 2.12 bits per heavy atom. The highest BCUT2D eigenvalue weighted by Gasteiger charge is 2.39. The van der Waals surface area contributed by atoms with Crippen molar-refractivity contribution < 1.29 is 27.4 Å². The van der Waals surface area contributed by atoms with Gasteiger partial charge < -0.3 is 14.4 Å². The molecule has 1 aliphatic heterocycles. The van der Waals surface area contributed by atoms with Gasteiger partial charge in [0.2, 0.25) is 5.88 Å². The Hall–Kier alpha value is -1.83. The summed E-state index contributed by atoms with van der Waals surface area (Å²) in [6.45, 7) is 2.73. The lowest BCUT2D eigenvalue weighted by atomic mass is 9.99. The number of aromatic nitrogens is 1. The lowest BCUT2D eigenvalue weighted by Gasteiger charge is -2.27. The molecule has 0 spiro atoms. The monoisotopic (exact) mass is 346 g/mol. The van der Waals surface area contributed by atoms with E-state index in [-0.39, 0.29) is 11.4 Å². The molecule has 0 aromatic carbocycles. The molecule has 24 heavy (non-hydrogen) atoms. The zero-order valence-electron chi connectivity index (χ0n) is 13.7. The topological polar surface area (TPSA) is 51.7 Å². The Kier molecular flexibility index (Phi) is 6.04. The number of alkyl halides is 3. The fourth-order valence-corrected chi connectivity index (χ4v) is 2.49. The van der Waals surface area contributed by atoms with Gasteiger partial charge in [-0.2, -0.15) is 13.2 Å². The zero-order chi connectivity index (χ0) is 17.7. The summed E-state index contributed by atoms with van der Waals surface area (Å²) in [4.78, 5) is 17.9. The minimum absolute atomic E-state index is 0.0307. The van der Waals surface area contributed by atoms with Crippen LogP contribution in [0.5, 0.6) is 5.88 Å². The molecule has 1 atom stereocenters. The maximum absolute atomic E-state index is 12.7. The molecule has 8 heteroatoms. The fraction of sp³-hybridized carbons (Fsp3) is 0.625. The van der Waals surface area contributed by atoms with Crippen molar-refractivity contribution in [2.24, 2.45) is 5.92 Å². The molecular formula is C16H21F3N2O3. The van der Waals surface area contributed by atoms with Gasteiger partial charge in [0.25, 0.3) is 5.91 Å². The molecule has 2 heterocycles. The largest absolute Gasteiger partial charge is 0.464 e. The van der Waals surface area contributed by atoms with Gasteiger partial charge in [0.15, 0.2) is 6.10 Å². The summed E-state index contributed by atoms with van der Waals surface area (Å²) in [5.41, 5.74) is 0.0307. The number of carbonyl (C=O) groups excluding carboxylic acids is 1. The average Bonchev–Trinajstić information content (AvgIpc) is 2.54. The summed E-state index contributed by atoms with van der Waals surface area (Å²) in [7, 11) is 1.63. The summed E-state index contributed by atoms with van der Waals surface area (Å²) >= 11 is 0. The van der Waals surface area contributed by atoms with Crippen molar-refractivity contribution in [2.75, 3.05) is 26.8 Å². The molecule has 0 aliphatic carbocycles. The molecule has 1 amide bonds. The van der Waals surface area contributed by atoms with Crippen LogP contribution in [0.25, 0.3) is 0 Å². The van der Waals surface area contributed by atoms with E-state index in [0.717, 1.165) is 19.8 Å². The maximum atomic E-state index is 12.7. The number of nitrogens with zero attached hydrogens (tertiary/aromatic N) is 2. The molecular weight excluding hydrogens is 325 g/mol. The Balaban J connectivity index is 2.08. The predicted molar refractivity (Wildman–Crippen MR) is 80.9 cm³/mol. The van der Waals surface area contributed by atoms with E-state index >= 15 is 0 Å². The average molecular weight is 346 g/mol. The standard InChI is InChI=1S/C16H21F3N2O3/c1-11(16(17,18)19)24-14-13(4-3-7-20-14)15(22)21(2)10-12-5-8-23-9-6-12/h3-4,7,11-12H,5-6,8-10H2,1-2H3/t11-/m1/s1. The minimum atomic E-state index is -4.52. The number of hydrogen-bond acceptors (Lipinski definition) is 4. The zero-order valence-corrected chi connectivity index (χ0v) is 13.7. The van der Waals surface area contributed by atoms with E-state index in [1.807, 2.05) is 0 Å². The van der Waals surface area contributed by atoms with Crippen LogP contribution in [-0.4, -0.2) is 54.9 Å². The Morgan fingerprint density at radius 1 is 1.46 bits per heavy atom. The van der Waals surface area contributed by atoms with Gasteiger partial charge in [-0.25, -0.2) is 4.98 Å². The SMILES string of the molecule is C[C@@H](Oc1ncccc1C(=O)N(C)CC1CCOCC1)C(F)(F)F. The van der Waals surface area contributed by atoms with Gasteiger partial charge in [-0.3, -0.25) is 4.79 Å². The van der Waals surface area contributed by atoms with Crippen molar-refractivity contribution in [3.63, 3.8) is 0 Å². The van der Waals surface area contributed by atoms with E-state index in [1.165, 1.54) is 23.2 Å². The Bertz CT molecular complexity index is 560. The van der Waals surface area contributed by atoms with Crippen LogP contribution in [0.1, 0.15) is 30.1 Å². The van der Waals surface area contributed by atoms with Gasteiger partial charge in [0.05, 0.1) is 0 Å². The third-order valence-electron chi connectivity index (χ3n) is 3.97. The predicted octanol–water partition coefficient (Wildman–Crippen LogP) is 2.91. The first kappa shape index (κ1) is 18.5. The van der Waals surface area contributed by atoms with Crippen LogP contribution in [0.4, 0.5) is 13.2 Å². The third kappa shape index (κ3) is 4.83. The van der Waals surface area contributed by atoms with E-state index < -0.39 is 18.2 Å². The molecule has 1 fully saturated rings. The van der Waals surface area contributed by atoms with Gasteiger partial charge in [-0.05, 0) is 37.8 Å². The Morgan fingerprint density at radius 3 is 2.75 bits per heavy atom. The lowest BCUT2D eigenvalue weighted by molar-refractivity contribution is -0.190. The van der Waals surface area contributed by atoms with Gasteiger partial charge in [0.1, 0.15) is 5.56 Å². The highest BCUT2D eigenvalue weighted by atomic mass is 19.4. The van der Waals surface area contributed by atoms with Crippen molar-refractivity contribution in [3.05, 3.63) is 23.9 Å². The number of hydrogen-bond donors (Lipinski definition) is 0. The number of amides is 1. The van der Waals surface area contributed by atoms with Gasteiger partial charge >= 0.3 is 6.18 Å². The molecule has 0 bridgehead atoms. The molecule has 0 N–H and O–H groups in total. The molecule has 134 valence electrons. The summed E-state index contributed by atoms with van der Waals surface area (Å²) < 4.78 is 48.2. The molecule has 1 aliphatic rings. The first-order valence-corrected chi connectivity index (χ1v) is 7.80. The van der Waals surface area contributed by atoms with Gasteiger partial charge in [0, 0.05) is 33.0 Å². The summed E-state index contributed by atoms with van der Waals surface area (Å²) in [5.74, 6) is -0.382. The fourth-order valence-electron chi connectivity index (χ4n) is 2.49. The number of ether oxygens (including phenoxy) is 2. The lowest BCUT2D eigenvalue weighted by Crippen LogP contribution is -2.35. The second-order valence-electron chi connectivity index (χ2n) is 5.90. The molecule has 1 saturated heterocycles. The number of rotatable bonds is 5. The molecule has 0 saturated carbocycles. The minimum Gasteiger partial charge on any atom is -0.464 e. The molecule has 2 rings (SSSR count). The van der Waals surface area contributed by atoms with Crippen molar-refractivity contribution >= 4 is 5.91 Å². The van der Waals surface area contributed by atoms with Crippen LogP contribution in [-0.2, 0) is 4.74 Å². The van der Waals surface area contributed by atoms with Crippen LogP contribution in [0.15, 0.2) is 18.3 Å². The summed E-state index contributed by atoms with van der Waals surface area (Å²) in [6.07, 6.45) is -3.54. The summed E-state index contributed by atoms with van der Waals surface area (Å²) in [5, 5.41) is 0. The molecule has 1 aromatic rings. The molecule has 0 radical (unpaired) electrons. The van der Waals surface area contributed by atoms with Crippen LogP contribution in [0, 0.1) is 5.92 Å². The number of pyridine rings is 1. The maximum Gasteiger partial charge on any atom is 0.425 e. The molecule has 5 nitrogen and oxygen atoms in total. The van der Waals surface area contributed by atoms with Crippen LogP contribution in [0.3, 0.4) is 0 Å². The second kappa shape index (κ2) is 7.83. The van der Waals surface area contributed by atoms with Crippen LogP contribution < -0.4 is 4.74 Å². The van der Waals surface area contributed by atoms with Crippen molar-refractivity contribution in [1.29, 1.82) is 0 Å². The van der Waals surface area contributed by atoms with Crippen molar-refractivity contribution in [1.82, 2.24) is 9.88 Å². The van der Waals surface area contributed by atoms with Crippen LogP contribution in [0.2, 0.25) is 0 Å². The number of halogens is 3. The van der Waals surface area contributed by atoms with Crippen molar-refractivity contribution in [2.45, 2.75) is 32.0 Å². The smallest absolute Gasteiger partial charge is 0.425 e. The highest BCUT2D eigenvalue weighted by molar-refractivity contribution is 5.96. The van der Waals surface area contributed by atoms with E-state index in [1.54, 1.807) is 7.05 Å². The molecule has 0 unspecified atom stereocenters. The Labute approximate surface area is 138 Å². The van der Waals surface area contributed by atoms with E-state index in [0.29, 0.717) is 25.7 Å².